The van der Waals surface area contributed by atoms with Crippen molar-refractivity contribution in [3.8, 4) is 11.3 Å². The van der Waals surface area contributed by atoms with E-state index in [1.807, 2.05) is 12.1 Å². The molecule has 4 rings (SSSR count). The second-order valence-corrected chi connectivity index (χ2v) is 6.65. The molecule has 25 heavy (non-hydrogen) atoms. The molecule has 3 atom stereocenters. The maximum absolute atomic E-state index is 12.4. The second-order valence-electron chi connectivity index (χ2n) is 6.65. The van der Waals surface area contributed by atoms with Crippen LogP contribution in [0.15, 0.2) is 34.9 Å². The average Bonchev–Trinajstić information content (AvgIpc) is 3.31. The number of carbonyl (C=O) groups excluding carboxylic acids is 2. The molecule has 3 N–H and O–H groups in total. The summed E-state index contributed by atoms with van der Waals surface area (Å²) in [6.45, 7) is 1.46. The highest BCUT2D eigenvalue weighted by Crippen LogP contribution is 2.28. The standard InChI is InChI=1S/C18H20N4O3/c1-10(23)20-12-4-2-11(3-5-12)16-9-19-18(25-16)17(24)22-15-8-13-6-7-14(15)21-13/h2-5,9,13-15,21H,6-8H2,1H3,(H,20,23)(H,22,24). The third-order valence-electron chi connectivity index (χ3n) is 4.81. The molecule has 2 bridgehead atoms. The van der Waals surface area contributed by atoms with E-state index in [-0.39, 0.29) is 23.7 Å². The van der Waals surface area contributed by atoms with Crippen molar-refractivity contribution in [3.05, 3.63) is 36.4 Å². The van der Waals surface area contributed by atoms with E-state index in [1.54, 1.807) is 18.3 Å². The van der Waals surface area contributed by atoms with E-state index in [4.69, 9.17) is 4.42 Å². The fourth-order valence-corrected chi connectivity index (χ4v) is 3.65. The largest absolute Gasteiger partial charge is 0.432 e. The summed E-state index contributed by atoms with van der Waals surface area (Å²) in [6.07, 6.45) is 4.80. The van der Waals surface area contributed by atoms with Crippen LogP contribution < -0.4 is 16.0 Å². The molecule has 2 aliphatic heterocycles. The van der Waals surface area contributed by atoms with Crippen molar-refractivity contribution >= 4 is 17.5 Å². The van der Waals surface area contributed by atoms with Crippen molar-refractivity contribution in [2.45, 2.75) is 44.3 Å². The quantitative estimate of drug-likeness (QED) is 0.790. The molecular weight excluding hydrogens is 320 g/mol. The Balaban J connectivity index is 1.42. The Bertz CT molecular complexity index is 799. The van der Waals surface area contributed by atoms with Gasteiger partial charge in [0, 0.05) is 36.3 Å². The first-order valence-corrected chi connectivity index (χ1v) is 8.49. The minimum atomic E-state index is -0.277. The summed E-state index contributed by atoms with van der Waals surface area (Å²) in [5.74, 6) is 0.191. The summed E-state index contributed by atoms with van der Waals surface area (Å²) in [4.78, 5) is 27.5. The fourth-order valence-electron chi connectivity index (χ4n) is 3.65. The van der Waals surface area contributed by atoms with E-state index in [1.165, 1.54) is 13.3 Å². The second kappa shape index (κ2) is 6.33. The fraction of sp³-hybridized carbons (Fsp3) is 0.389. The molecule has 1 aromatic heterocycles. The SMILES string of the molecule is CC(=O)Nc1ccc(-c2cnc(C(=O)NC3CC4CCC3N4)o2)cc1. The summed E-state index contributed by atoms with van der Waals surface area (Å²) in [5.41, 5.74) is 1.50. The van der Waals surface area contributed by atoms with E-state index in [0.29, 0.717) is 23.5 Å². The van der Waals surface area contributed by atoms with Crippen LogP contribution in [0.25, 0.3) is 11.3 Å². The lowest BCUT2D eigenvalue weighted by molar-refractivity contribution is -0.114. The zero-order valence-electron chi connectivity index (χ0n) is 13.9. The predicted molar refractivity (Wildman–Crippen MR) is 92.1 cm³/mol. The van der Waals surface area contributed by atoms with Gasteiger partial charge in [0.2, 0.25) is 5.91 Å². The Morgan fingerprint density at radius 2 is 2.04 bits per heavy atom. The van der Waals surface area contributed by atoms with E-state index < -0.39 is 0 Å². The van der Waals surface area contributed by atoms with Crippen molar-refractivity contribution in [3.63, 3.8) is 0 Å². The van der Waals surface area contributed by atoms with Crippen LogP contribution in [0, 0.1) is 0 Å². The highest BCUT2D eigenvalue weighted by molar-refractivity contribution is 5.90. The number of hydrogen-bond donors (Lipinski definition) is 3. The molecule has 2 amide bonds. The maximum Gasteiger partial charge on any atom is 0.307 e. The Morgan fingerprint density at radius 1 is 1.24 bits per heavy atom. The van der Waals surface area contributed by atoms with Gasteiger partial charge in [0.1, 0.15) is 0 Å². The summed E-state index contributed by atoms with van der Waals surface area (Å²) >= 11 is 0. The third kappa shape index (κ3) is 3.28. The molecule has 3 unspecified atom stereocenters. The van der Waals surface area contributed by atoms with Crippen molar-refractivity contribution in [2.24, 2.45) is 0 Å². The molecule has 0 saturated carbocycles. The molecule has 0 spiro atoms. The number of oxazole rings is 1. The van der Waals surface area contributed by atoms with Crippen LogP contribution in [-0.2, 0) is 4.79 Å². The minimum Gasteiger partial charge on any atom is -0.432 e. The Morgan fingerprint density at radius 3 is 2.68 bits per heavy atom. The first kappa shape index (κ1) is 15.8. The molecule has 7 heteroatoms. The van der Waals surface area contributed by atoms with Crippen molar-refractivity contribution in [1.82, 2.24) is 15.6 Å². The molecule has 3 heterocycles. The van der Waals surface area contributed by atoms with Crippen molar-refractivity contribution in [1.29, 1.82) is 0 Å². The van der Waals surface area contributed by atoms with Crippen LogP contribution in [0.3, 0.4) is 0 Å². The van der Waals surface area contributed by atoms with E-state index in [0.717, 1.165) is 18.4 Å². The summed E-state index contributed by atoms with van der Waals surface area (Å²) in [7, 11) is 0. The van der Waals surface area contributed by atoms with Gasteiger partial charge in [-0.3, -0.25) is 9.59 Å². The van der Waals surface area contributed by atoms with Crippen LogP contribution in [0.2, 0.25) is 0 Å². The molecule has 7 nitrogen and oxygen atoms in total. The van der Waals surface area contributed by atoms with Gasteiger partial charge in [0.25, 0.3) is 5.89 Å². The van der Waals surface area contributed by atoms with E-state index in [9.17, 15) is 9.59 Å². The molecular formula is C18H20N4O3. The molecule has 1 aromatic carbocycles. The minimum absolute atomic E-state index is 0.0729. The molecule has 2 fully saturated rings. The Labute approximate surface area is 145 Å². The number of amides is 2. The van der Waals surface area contributed by atoms with Crippen LogP contribution >= 0.6 is 0 Å². The van der Waals surface area contributed by atoms with E-state index in [2.05, 4.69) is 20.9 Å². The predicted octanol–water partition coefficient (Wildman–Crippen LogP) is 1.92. The first-order valence-electron chi connectivity index (χ1n) is 8.49. The van der Waals surface area contributed by atoms with Gasteiger partial charge in [0.05, 0.1) is 6.20 Å². The van der Waals surface area contributed by atoms with Crippen LogP contribution in [0.4, 0.5) is 5.69 Å². The molecule has 0 aliphatic carbocycles. The van der Waals surface area contributed by atoms with Gasteiger partial charge in [-0.2, -0.15) is 0 Å². The number of nitrogens with one attached hydrogen (secondary N) is 3. The summed E-state index contributed by atoms with van der Waals surface area (Å²) in [5, 5.41) is 9.21. The normalized spacial score (nSPS) is 24.3. The molecule has 0 radical (unpaired) electrons. The van der Waals surface area contributed by atoms with Crippen LogP contribution in [0.5, 0.6) is 0 Å². The van der Waals surface area contributed by atoms with E-state index >= 15 is 0 Å². The van der Waals surface area contributed by atoms with Gasteiger partial charge >= 0.3 is 5.91 Å². The lowest BCUT2D eigenvalue weighted by atomic mass is 9.95. The number of anilines is 1. The highest BCUT2D eigenvalue weighted by Gasteiger charge is 2.40. The lowest BCUT2D eigenvalue weighted by Gasteiger charge is -2.20. The van der Waals surface area contributed by atoms with Crippen molar-refractivity contribution in [2.75, 3.05) is 5.32 Å². The Hall–Kier alpha value is -2.67. The molecule has 2 saturated heterocycles. The summed E-state index contributed by atoms with van der Waals surface area (Å²) < 4.78 is 5.61. The lowest BCUT2D eigenvalue weighted by Crippen LogP contribution is -2.43. The Kier molecular flexibility index (Phi) is 4.01. The monoisotopic (exact) mass is 340 g/mol. The topological polar surface area (TPSA) is 96.3 Å². The van der Waals surface area contributed by atoms with Gasteiger partial charge < -0.3 is 20.4 Å². The number of rotatable bonds is 4. The molecule has 2 aliphatic rings. The number of carbonyl (C=O) groups is 2. The average molecular weight is 340 g/mol. The van der Waals surface area contributed by atoms with Gasteiger partial charge in [-0.05, 0) is 43.5 Å². The van der Waals surface area contributed by atoms with Crippen molar-refractivity contribution < 1.29 is 14.0 Å². The molecule has 130 valence electrons. The number of hydrogen-bond acceptors (Lipinski definition) is 5. The van der Waals surface area contributed by atoms with Crippen LogP contribution in [0.1, 0.15) is 36.9 Å². The summed E-state index contributed by atoms with van der Waals surface area (Å²) in [6, 6.07) is 8.22. The van der Waals surface area contributed by atoms with Crippen LogP contribution in [-0.4, -0.2) is 34.9 Å². The van der Waals surface area contributed by atoms with Gasteiger partial charge in [-0.15, -0.1) is 0 Å². The zero-order valence-corrected chi connectivity index (χ0v) is 13.9. The number of aromatic nitrogens is 1. The zero-order chi connectivity index (χ0) is 17.4. The number of nitrogens with zero attached hydrogens (tertiary/aromatic N) is 1. The smallest absolute Gasteiger partial charge is 0.307 e. The highest BCUT2D eigenvalue weighted by atomic mass is 16.4. The third-order valence-corrected chi connectivity index (χ3v) is 4.81. The number of fused-ring (bicyclic) bond motifs is 2. The van der Waals surface area contributed by atoms with Gasteiger partial charge in [0.15, 0.2) is 5.76 Å². The number of benzene rings is 1. The van der Waals surface area contributed by atoms with Gasteiger partial charge in [-0.25, -0.2) is 4.98 Å². The van der Waals surface area contributed by atoms with Gasteiger partial charge in [-0.1, -0.05) is 0 Å². The maximum atomic E-state index is 12.4. The first-order chi connectivity index (χ1) is 12.1. The molecule has 2 aromatic rings.